The van der Waals surface area contributed by atoms with E-state index in [-0.39, 0.29) is 5.41 Å². The molecule has 0 saturated heterocycles. The third kappa shape index (κ3) is 3.93. The summed E-state index contributed by atoms with van der Waals surface area (Å²) in [7, 11) is 0. The Labute approximate surface area is 191 Å². The second-order valence-electron chi connectivity index (χ2n) is 12.5. The molecule has 0 bridgehead atoms. The molecule has 0 spiro atoms. The van der Waals surface area contributed by atoms with Gasteiger partial charge in [0.05, 0.1) is 0 Å². The molecule has 0 aromatic carbocycles. The lowest BCUT2D eigenvalue weighted by Crippen LogP contribution is -2.51. The third-order valence-electron chi connectivity index (χ3n) is 10.3. The van der Waals surface area contributed by atoms with Gasteiger partial charge in [-0.3, -0.25) is 4.79 Å². The van der Waals surface area contributed by atoms with Crippen molar-refractivity contribution >= 4 is 5.78 Å². The van der Waals surface area contributed by atoms with Crippen LogP contribution in [0.25, 0.3) is 0 Å². The number of allylic oxidation sites excluding steroid dienone is 5. The van der Waals surface area contributed by atoms with Crippen LogP contribution >= 0.6 is 0 Å². The molecule has 1 heteroatoms. The number of carbonyl (C=O) groups excluding carboxylic acids is 1. The van der Waals surface area contributed by atoms with Crippen LogP contribution in [0, 0.1) is 46.3 Å². The first kappa shape index (κ1) is 23.1. The van der Waals surface area contributed by atoms with Crippen molar-refractivity contribution in [3.8, 4) is 0 Å². The Morgan fingerprint density at radius 1 is 1.06 bits per heavy atom. The minimum atomic E-state index is 0.200. The Bertz CT molecular complexity index is 769. The average molecular weight is 423 g/mol. The number of hydrogen-bond donors (Lipinski definition) is 0. The molecular formula is C30H46O. The first-order valence-corrected chi connectivity index (χ1v) is 13.3. The molecule has 31 heavy (non-hydrogen) atoms. The van der Waals surface area contributed by atoms with Crippen LogP contribution in [0.15, 0.2) is 36.0 Å². The predicted octanol–water partition coefficient (Wildman–Crippen LogP) is 8.32. The molecule has 0 aromatic rings. The monoisotopic (exact) mass is 422 g/mol. The van der Waals surface area contributed by atoms with Crippen LogP contribution in [0.5, 0.6) is 0 Å². The molecule has 0 amide bonds. The Hall–Kier alpha value is -1.11. The highest BCUT2D eigenvalue weighted by atomic mass is 16.1. The highest BCUT2D eigenvalue weighted by Crippen LogP contribution is 2.68. The van der Waals surface area contributed by atoms with Gasteiger partial charge in [0.1, 0.15) is 0 Å². The highest BCUT2D eigenvalue weighted by molar-refractivity contribution is 5.92. The van der Waals surface area contributed by atoms with Crippen molar-refractivity contribution in [3.63, 3.8) is 0 Å². The zero-order valence-corrected chi connectivity index (χ0v) is 20.9. The summed E-state index contributed by atoms with van der Waals surface area (Å²) in [5.41, 5.74) is 3.61. The van der Waals surface area contributed by atoms with E-state index in [1.807, 2.05) is 6.08 Å². The molecule has 172 valence electrons. The summed E-state index contributed by atoms with van der Waals surface area (Å²) in [6.07, 6.45) is 19.0. The maximum Gasteiger partial charge on any atom is 0.156 e. The van der Waals surface area contributed by atoms with E-state index >= 15 is 0 Å². The quantitative estimate of drug-likeness (QED) is 0.377. The third-order valence-corrected chi connectivity index (χ3v) is 10.3. The SMILES string of the molecule is C=CCC1=CC2=CC(=O)CCC2(C)C2CCC3(C)C(C(C)CCCC(C)C)CCC3C12. The molecule has 4 rings (SSSR count). The van der Waals surface area contributed by atoms with Crippen LogP contribution in [0.1, 0.15) is 98.8 Å². The smallest absolute Gasteiger partial charge is 0.156 e. The van der Waals surface area contributed by atoms with Crippen molar-refractivity contribution in [1.82, 2.24) is 0 Å². The molecule has 4 aliphatic rings. The van der Waals surface area contributed by atoms with E-state index in [1.165, 1.54) is 50.5 Å². The van der Waals surface area contributed by atoms with Crippen LogP contribution < -0.4 is 0 Å². The largest absolute Gasteiger partial charge is 0.295 e. The highest BCUT2D eigenvalue weighted by Gasteiger charge is 2.59. The van der Waals surface area contributed by atoms with Gasteiger partial charge in [0, 0.05) is 6.42 Å². The van der Waals surface area contributed by atoms with Crippen LogP contribution in [0.2, 0.25) is 0 Å². The van der Waals surface area contributed by atoms with E-state index in [0.29, 0.717) is 23.0 Å². The summed E-state index contributed by atoms with van der Waals surface area (Å²) in [5.74, 6) is 5.10. The van der Waals surface area contributed by atoms with E-state index in [2.05, 4.69) is 53.3 Å². The summed E-state index contributed by atoms with van der Waals surface area (Å²) in [4.78, 5) is 12.2. The lowest BCUT2D eigenvalue weighted by atomic mass is 9.46. The molecule has 0 N–H and O–H groups in total. The van der Waals surface area contributed by atoms with E-state index in [4.69, 9.17) is 0 Å². The van der Waals surface area contributed by atoms with E-state index in [9.17, 15) is 4.79 Å². The number of ketones is 1. The maximum atomic E-state index is 12.2. The fourth-order valence-electron chi connectivity index (χ4n) is 8.60. The number of rotatable bonds is 7. The predicted molar refractivity (Wildman–Crippen MR) is 132 cm³/mol. The Morgan fingerprint density at radius 2 is 1.84 bits per heavy atom. The van der Waals surface area contributed by atoms with Gasteiger partial charge in [0.15, 0.2) is 5.78 Å². The fraction of sp³-hybridized carbons (Fsp3) is 0.767. The van der Waals surface area contributed by atoms with Gasteiger partial charge in [-0.2, -0.15) is 0 Å². The van der Waals surface area contributed by atoms with Gasteiger partial charge in [-0.05, 0) is 96.5 Å². The molecule has 0 radical (unpaired) electrons. The van der Waals surface area contributed by atoms with Gasteiger partial charge in [-0.25, -0.2) is 0 Å². The number of hydrogen-bond acceptors (Lipinski definition) is 1. The summed E-state index contributed by atoms with van der Waals surface area (Å²) < 4.78 is 0. The molecule has 0 aromatic heterocycles. The second-order valence-corrected chi connectivity index (χ2v) is 12.5. The van der Waals surface area contributed by atoms with E-state index in [1.54, 1.807) is 5.57 Å². The van der Waals surface area contributed by atoms with E-state index in [0.717, 1.165) is 42.9 Å². The first-order chi connectivity index (χ1) is 14.7. The number of fused-ring (bicyclic) bond motifs is 5. The molecular weight excluding hydrogens is 376 g/mol. The molecule has 2 saturated carbocycles. The van der Waals surface area contributed by atoms with Gasteiger partial charge >= 0.3 is 0 Å². The molecule has 0 heterocycles. The van der Waals surface area contributed by atoms with Gasteiger partial charge in [-0.15, -0.1) is 6.58 Å². The summed E-state index contributed by atoms with van der Waals surface area (Å²) >= 11 is 0. The molecule has 7 unspecified atom stereocenters. The van der Waals surface area contributed by atoms with Crippen LogP contribution in [0.4, 0.5) is 0 Å². The normalized spacial score (nSPS) is 40.5. The van der Waals surface area contributed by atoms with Gasteiger partial charge < -0.3 is 0 Å². The topological polar surface area (TPSA) is 17.1 Å². The zero-order valence-electron chi connectivity index (χ0n) is 20.9. The van der Waals surface area contributed by atoms with Crippen LogP contribution in [0.3, 0.4) is 0 Å². The fourth-order valence-corrected chi connectivity index (χ4v) is 8.60. The second kappa shape index (κ2) is 8.68. The Kier molecular flexibility index (Phi) is 6.46. The average Bonchev–Trinajstić information content (AvgIpc) is 3.06. The van der Waals surface area contributed by atoms with Crippen molar-refractivity contribution in [2.24, 2.45) is 46.3 Å². The molecule has 1 nitrogen and oxygen atoms in total. The van der Waals surface area contributed by atoms with Crippen molar-refractivity contribution in [2.45, 2.75) is 98.8 Å². The minimum absolute atomic E-state index is 0.200. The van der Waals surface area contributed by atoms with Crippen molar-refractivity contribution in [1.29, 1.82) is 0 Å². The standard InChI is InChI=1S/C30H46O/c1-7-9-22-18-23-19-24(31)14-16-29(23,5)27-15-17-30(6)25(12-13-26(30)28(22)27)21(4)11-8-10-20(2)3/h7,18-21,25-28H,1,8-17H2,2-6H3. The molecule has 7 atom stereocenters. The summed E-state index contributed by atoms with van der Waals surface area (Å²) in [5, 5.41) is 0. The summed E-state index contributed by atoms with van der Waals surface area (Å²) in [6, 6.07) is 0. The first-order valence-electron chi connectivity index (χ1n) is 13.3. The lowest BCUT2D eigenvalue weighted by Gasteiger charge is -2.58. The molecule has 4 aliphatic carbocycles. The van der Waals surface area contributed by atoms with Crippen LogP contribution in [-0.2, 0) is 4.79 Å². The van der Waals surface area contributed by atoms with Gasteiger partial charge in [-0.1, -0.05) is 71.6 Å². The lowest BCUT2D eigenvalue weighted by molar-refractivity contribution is -0.116. The van der Waals surface area contributed by atoms with Crippen LogP contribution in [-0.4, -0.2) is 5.78 Å². The number of carbonyl (C=O) groups is 1. The van der Waals surface area contributed by atoms with Crippen molar-refractivity contribution in [2.75, 3.05) is 0 Å². The molecule has 0 aliphatic heterocycles. The molecule has 2 fully saturated rings. The van der Waals surface area contributed by atoms with Crippen molar-refractivity contribution < 1.29 is 4.79 Å². The van der Waals surface area contributed by atoms with Gasteiger partial charge in [0.25, 0.3) is 0 Å². The Morgan fingerprint density at radius 3 is 2.55 bits per heavy atom. The minimum Gasteiger partial charge on any atom is -0.295 e. The van der Waals surface area contributed by atoms with E-state index < -0.39 is 0 Å². The zero-order chi connectivity index (χ0) is 22.4. The summed E-state index contributed by atoms with van der Waals surface area (Å²) in [6.45, 7) is 16.5. The Balaban J connectivity index is 1.62. The van der Waals surface area contributed by atoms with Crippen molar-refractivity contribution in [3.05, 3.63) is 36.0 Å². The maximum absolute atomic E-state index is 12.2. The van der Waals surface area contributed by atoms with Gasteiger partial charge in [0.2, 0.25) is 0 Å².